The number of likely N-dealkylation sites (N-methyl/N-ethyl adjacent to an activating group) is 1. The minimum atomic E-state index is 0.268. The lowest BCUT2D eigenvalue weighted by Gasteiger charge is -2.14. The van der Waals surface area contributed by atoms with Gasteiger partial charge in [0.2, 0.25) is 0 Å². The first kappa shape index (κ1) is 12.9. The molecule has 2 aromatic heterocycles. The Bertz CT molecular complexity index is 459. The quantitative estimate of drug-likeness (QED) is 0.853. The summed E-state index contributed by atoms with van der Waals surface area (Å²) in [4.78, 5) is 0. The Morgan fingerprint density at radius 3 is 2.78 bits per heavy atom. The van der Waals surface area contributed by atoms with Gasteiger partial charge in [0.1, 0.15) is 0 Å². The minimum absolute atomic E-state index is 0.268. The van der Waals surface area contributed by atoms with Crippen LogP contribution in [0.1, 0.15) is 44.1 Å². The zero-order valence-corrected chi connectivity index (χ0v) is 11.3. The molecule has 0 spiro atoms. The Labute approximate surface area is 108 Å². The van der Waals surface area contributed by atoms with Crippen LogP contribution in [-0.4, -0.2) is 16.3 Å². The van der Waals surface area contributed by atoms with Gasteiger partial charge in [0.05, 0.1) is 18.2 Å². The minimum Gasteiger partial charge on any atom is -0.472 e. The third kappa shape index (κ3) is 3.01. The lowest BCUT2D eigenvalue weighted by atomic mass is 10.1. The van der Waals surface area contributed by atoms with Crippen molar-refractivity contribution in [3.63, 3.8) is 0 Å². The molecule has 98 valence electrons. The lowest BCUT2D eigenvalue weighted by molar-refractivity contribution is 0.500. The van der Waals surface area contributed by atoms with Crippen molar-refractivity contribution < 1.29 is 4.42 Å². The number of rotatable bonds is 6. The zero-order valence-electron chi connectivity index (χ0n) is 11.3. The normalized spacial score (nSPS) is 13.1. The first-order valence-corrected chi connectivity index (χ1v) is 6.50. The van der Waals surface area contributed by atoms with E-state index in [9.17, 15) is 0 Å². The molecule has 0 amide bonds. The van der Waals surface area contributed by atoms with E-state index in [-0.39, 0.29) is 6.04 Å². The van der Waals surface area contributed by atoms with Crippen LogP contribution in [0.25, 0.3) is 0 Å². The predicted octanol–water partition coefficient (Wildman–Crippen LogP) is 2.95. The number of hydrogen-bond acceptors (Lipinski definition) is 3. The van der Waals surface area contributed by atoms with Crippen LogP contribution in [-0.2, 0) is 6.42 Å². The molecular weight excluding hydrogens is 226 g/mol. The van der Waals surface area contributed by atoms with E-state index in [1.54, 1.807) is 12.5 Å². The van der Waals surface area contributed by atoms with Crippen molar-refractivity contribution >= 4 is 0 Å². The lowest BCUT2D eigenvalue weighted by Crippen LogP contribution is -2.22. The molecule has 4 nitrogen and oxygen atoms in total. The first-order chi connectivity index (χ1) is 8.70. The Kier molecular flexibility index (Phi) is 4.20. The molecule has 0 aliphatic heterocycles. The maximum atomic E-state index is 5.16. The van der Waals surface area contributed by atoms with Crippen LogP contribution in [0.2, 0.25) is 0 Å². The van der Waals surface area contributed by atoms with Crippen LogP contribution < -0.4 is 5.32 Å². The van der Waals surface area contributed by atoms with Gasteiger partial charge in [-0.25, -0.2) is 0 Å². The van der Waals surface area contributed by atoms with Crippen molar-refractivity contribution in [3.05, 3.63) is 42.1 Å². The molecule has 1 unspecified atom stereocenters. The number of hydrogen-bond donors (Lipinski definition) is 1. The number of nitrogens with one attached hydrogen (secondary N) is 1. The molecule has 0 aliphatic rings. The van der Waals surface area contributed by atoms with E-state index in [0.29, 0.717) is 6.04 Å². The molecule has 2 rings (SSSR count). The van der Waals surface area contributed by atoms with Crippen LogP contribution >= 0.6 is 0 Å². The standard InChI is InChI=1S/C14H21N3O/c1-4-15-14(12-6-8-18-10-12)9-13-5-7-17(16-13)11(2)3/h5-8,10-11,14-15H,4,9H2,1-3H3. The fourth-order valence-corrected chi connectivity index (χ4v) is 2.01. The van der Waals surface area contributed by atoms with Crippen molar-refractivity contribution in [2.24, 2.45) is 0 Å². The number of furan rings is 1. The van der Waals surface area contributed by atoms with E-state index < -0.39 is 0 Å². The Balaban J connectivity index is 2.08. The average molecular weight is 247 g/mol. The third-order valence-electron chi connectivity index (χ3n) is 3.00. The van der Waals surface area contributed by atoms with Crippen LogP contribution in [0, 0.1) is 0 Å². The highest BCUT2D eigenvalue weighted by Gasteiger charge is 2.14. The molecule has 0 bridgehead atoms. The van der Waals surface area contributed by atoms with Crippen LogP contribution in [0.3, 0.4) is 0 Å². The van der Waals surface area contributed by atoms with Crippen molar-refractivity contribution in [2.75, 3.05) is 6.54 Å². The molecule has 0 saturated heterocycles. The fraction of sp³-hybridized carbons (Fsp3) is 0.500. The van der Waals surface area contributed by atoms with Crippen molar-refractivity contribution in [2.45, 2.75) is 39.3 Å². The summed E-state index contributed by atoms with van der Waals surface area (Å²) in [6.45, 7) is 7.31. The predicted molar refractivity (Wildman–Crippen MR) is 71.4 cm³/mol. The van der Waals surface area contributed by atoms with E-state index in [4.69, 9.17) is 4.42 Å². The Morgan fingerprint density at radius 1 is 1.39 bits per heavy atom. The summed E-state index contributed by atoms with van der Waals surface area (Å²) >= 11 is 0. The topological polar surface area (TPSA) is 43.0 Å². The smallest absolute Gasteiger partial charge is 0.0950 e. The third-order valence-corrected chi connectivity index (χ3v) is 3.00. The summed E-state index contributed by atoms with van der Waals surface area (Å²) in [7, 11) is 0. The van der Waals surface area contributed by atoms with Gasteiger partial charge in [-0.1, -0.05) is 6.92 Å². The largest absolute Gasteiger partial charge is 0.472 e. The van der Waals surface area contributed by atoms with Gasteiger partial charge < -0.3 is 9.73 Å². The van der Waals surface area contributed by atoms with Crippen molar-refractivity contribution in [3.8, 4) is 0 Å². The molecule has 0 aliphatic carbocycles. The second-order valence-electron chi connectivity index (χ2n) is 4.75. The molecule has 2 aromatic rings. The summed E-state index contributed by atoms with van der Waals surface area (Å²) in [5.41, 5.74) is 2.28. The first-order valence-electron chi connectivity index (χ1n) is 6.50. The monoisotopic (exact) mass is 247 g/mol. The average Bonchev–Trinajstić information content (AvgIpc) is 2.99. The van der Waals surface area contributed by atoms with Gasteiger partial charge in [0.15, 0.2) is 0 Å². The van der Waals surface area contributed by atoms with Crippen LogP contribution in [0.5, 0.6) is 0 Å². The van der Waals surface area contributed by atoms with E-state index in [1.165, 1.54) is 5.56 Å². The maximum absolute atomic E-state index is 5.16. The second kappa shape index (κ2) is 5.87. The molecule has 0 fully saturated rings. The molecule has 4 heteroatoms. The SMILES string of the molecule is CCNC(Cc1ccn(C(C)C)n1)c1ccoc1. The van der Waals surface area contributed by atoms with Crippen molar-refractivity contribution in [1.29, 1.82) is 0 Å². The highest BCUT2D eigenvalue weighted by atomic mass is 16.3. The van der Waals surface area contributed by atoms with Gasteiger partial charge in [-0.05, 0) is 32.5 Å². The molecule has 1 N–H and O–H groups in total. The van der Waals surface area contributed by atoms with Gasteiger partial charge in [0, 0.05) is 30.3 Å². The summed E-state index contributed by atoms with van der Waals surface area (Å²) in [6.07, 6.45) is 6.44. The van der Waals surface area contributed by atoms with Gasteiger partial charge in [-0.3, -0.25) is 4.68 Å². The van der Waals surface area contributed by atoms with Gasteiger partial charge >= 0.3 is 0 Å². The van der Waals surface area contributed by atoms with Gasteiger partial charge in [-0.15, -0.1) is 0 Å². The van der Waals surface area contributed by atoms with E-state index >= 15 is 0 Å². The molecule has 2 heterocycles. The summed E-state index contributed by atoms with van der Waals surface area (Å²) in [6, 6.07) is 4.77. The maximum Gasteiger partial charge on any atom is 0.0950 e. The molecule has 0 aromatic carbocycles. The van der Waals surface area contributed by atoms with Crippen LogP contribution in [0.4, 0.5) is 0 Å². The molecule has 1 atom stereocenters. The number of aromatic nitrogens is 2. The van der Waals surface area contributed by atoms with Crippen molar-refractivity contribution in [1.82, 2.24) is 15.1 Å². The fourth-order valence-electron chi connectivity index (χ4n) is 2.01. The van der Waals surface area contributed by atoms with E-state index in [2.05, 4.69) is 37.3 Å². The van der Waals surface area contributed by atoms with Gasteiger partial charge in [0.25, 0.3) is 0 Å². The Hall–Kier alpha value is -1.55. The van der Waals surface area contributed by atoms with E-state index in [0.717, 1.165) is 18.7 Å². The number of nitrogens with zero attached hydrogens (tertiary/aromatic N) is 2. The molecule has 18 heavy (non-hydrogen) atoms. The second-order valence-corrected chi connectivity index (χ2v) is 4.75. The summed E-state index contributed by atoms with van der Waals surface area (Å²) in [5, 5.41) is 8.05. The molecular formula is C14H21N3O. The van der Waals surface area contributed by atoms with E-state index in [1.807, 2.05) is 16.9 Å². The highest BCUT2D eigenvalue weighted by Crippen LogP contribution is 2.18. The highest BCUT2D eigenvalue weighted by molar-refractivity contribution is 5.15. The van der Waals surface area contributed by atoms with Crippen LogP contribution in [0.15, 0.2) is 35.3 Å². The van der Waals surface area contributed by atoms with Gasteiger partial charge in [-0.2, -0.15) is 5.10 Å². The molecule has 0 saturated carbocycles. The summed E-state index contributed by atoms with van der Waals surface area (Å²) in [5.74, 6) is 0. The molecule has 0 radical (unpaired) electrons. The Morgan fingerprint density at radius 2 is 2.22 bits per heavy atom. The zero-order chi connectivity index (χ0) is 13.0. The summed E-state index contributed by atoms with van der Waals surface area (Å²) < 4.78 is 7.15.